The average molecular weight is 371 g/mol. The van der Waals surface area contributed by atoms with Crippen molar-refractivity contribution in [2.24, 2.45) is 0 Å². The normalized spacial score (nSPS) is 15.2. The van der Waals surface area contributed by atoms with Crippen molar-refractivity contribution in [1.29, 1.82) is 0 Å². The SMILES string of the molecule is O=C(C=Cc1ccccc1)N1CCN(c2ccc(Br)cc2)CC1. The van der Waals surface area contributed by atoms with Crippen molar-refractivity contribution in [1.82, 2.24) is 4.90 Å². The van der Waals surface area contributed by atoms with Crippen molar-refractivity contribution in [3.8, 4) is 0 Å². The van der Waals surface area contributed by atoms with E-state index in [9.17, 15) is 4.79 Å². The number of carbonyl (C=O) groups excluding carboxylic acids is 1. The highest BCUT2D eigenvalue weighted by molar-refractivity contribution is 9.10. The summed E-state index contributed by atoms with van der Waals surface area (Å²) < 4.78 is 1.08. The molecule has 2 aromatic carbocycles. The van der Waals surface area contributed by atoms with E-state index in [0.717, 1.165) is 36.2 Å². The minimum Gasteiger partial charge on any atom is -0.368 e. The predicted molar refractivity (Wildman–Crippen MR) is 98.4 cm³/mol. The summed E-state index contributed by atoms with van der Waals surface area (Å²) in [7, 11) is 0. The maximum Gasteiger partial charge on any atom is 0.246 e. The summed E-state index contributed by atoms with van der Waals surface area (Å²) in [6.45, 7) is 3.25. The molecule has 0 N–H and O–H groups in total. The number of piperazine rings is 1. The van der Waals surface area contributed by atoms with Gasteiger partial charge in [0.15, 0.2) is 0 Å². The summed E-state index contributed by atoms with van der Waals surface area (Å²) in [5.74, 6) is 0.0873. The van der Waals surface area contributed by atoms with Gasteiger partial charge >= 0.3 is 0 Å². The quantitative estimate of drug-likeness (QED) is 0.766. The lowest BCUT2D eigenvalue weighted by Crippen LogP contribution is -2.48. The summed E-state index contributed by atoms with van der Waals surface area (Å²) >= 11 is 3.46. The topological polar surface area (TPSA) is 23.6 Å². The minimum atomic E-state index is 0.0873. The third-order valence-corrected chi connectivity index (χ3v) is 4.53. The minimum absolute atomic E-state index is 0.0873. The largest absolute Gasteiger partial charge is 0.368 e. The first kappa shape index (κ1) is 15.8. The fourth-order valence-corrected chi connectivity index (χ4v) is 2.94. The highest BCUT2D eigenvalue weighted by Crippen LogP contribution is 2.19. The summed E-state index contributed by atoms with van der Waals surface area (Å²) in [6, 6.07) is 18.2. The number of benzene rings is 2. The fourth-order valence-electron chi connectivity index (χ4n) is 2.67. The van der Waals surface area contributed by atoms with Crippen molar-refractivity contribution in [2.45, 2.75) is 0 Å². The Balaban J connectivity index is 1.55. The third kappa shape index (κ3) is 4.23. The molecule has 3 rings (SSSR count). The molecule has 0 saturated carbocycles. The van der Waals surface area contributed by atoms with E-state index in [2.05, 4.69) is 45.1 Å². The average Bonchev–Trinajstić information content (AvgIpc) is 2.61. The Morgan fingerprint density at radius 2 is 1.57 bits per heavy atom. The van der Waals surface area contributed by atoms with Crippen LogP contribution in [0.3, 0.4) is 0 Å². The first-order valence-electron chi connectivity index (χ1n) is 7.75. The van der Waals surface area contributed by atoms with Gasteiger partial charge in [0.25, 0.3) is 0 Å². The molecule has 0 unspecified atom stereocenters. The molecule has 23 heavy (non-hydrogen) atoms. The van der Waals surface area contributed by atoms with Gasteiger partial charge in [0, 0.05) is 42.4 Å². The molecule has 0 atom stereocenters. The van der Waals surface area contributed by atoms with Gasteiger partial charge in [-0.05, 0) is 35.9 Å². The van der Waals surface area contributed by atoms with Gasteiger partial charge in [0.1, 0.15) is 0 Å². The van der Waals surface area contributed by atoms with Crippen LogP contribution in [0.15, 0.2) is 65.1 Å². The zero-order valence-electron chi connectivity index (χ0n) is 12.9. The number of hydrogen-bond acceptors (Lipinski definition) is 2. The van der Waals surface area contributed by atoms with Crippen LogP contribution in [-0.4, -0.2) is 37.0 Å². The highest BCUT2D eigenvalue weighted by Gasteiger charge is 2.19. The molecule has 1 fully saturated rings. The molecule has 1 heterocycles. The second kappa shape index (κ2) is 7.47. The lowest BCUT2D eigenvalue weighted by molar-refractivity contribution is -0.126. The van der Waals surface area contributed by atoms with Crippen LogP contribution in [0.2, 0.25) is 0 Å². The van der Waals surface area contributed by atoms with Crippen LogP contribution in [0.4, 0.5) is 5.69 Å². The van der Waals surface area contributed by atoms with E-state index in [4.69, 9.17) is 0 Å². The summed E-state index contributed by atoms with van der Waals surface area (Å²) in [5, 5.41) is 0. The molecule has 0 spiro atoms. The molecular formula is C19H19BrN2O. The number of carbonyl (C=O) groups is 1. The lowest BCUT2D eigenvalue weighted by atomic mass is 10.2. The lowest BCUT2D eigenvalue weighted by Gasteiger charge is -2.35. The molecule has 1 aliphatic heterocycles. The molecular weight excluding hydrogens is 352 g/mol. The molecule has 1 aliphatic rings. The maximum atomic E-state index is 12.3. The van der Waals surface area contributed by atoms with Gasteiger partial charge < -0.3 is 9.80 Å². The van der Waals surface area contributed by atoms with Crippen molar-refractivity contribution >= 4 is 33.6 Å². The van der Waals surface area contributed by atoms with E-state index < -0.39 is 0 Å². The summed E-state index contributed by atoms with van der Waals surface area (Å²) in [6.07, 6.45) is 3.55. The zero-order chi connectivity index (χ0) is 16.1. The zero-order valence-corrected chi connectivity index (χ0v) is 14.4. The molecule has 0 bridgehead atoms. The van der Waals surface area contributed by atoms with E-state index >= 15 is 0 Å². The van der Waals surface area contributed by atoms with E-state index in [1.54, 1.807) is 6.08 Å². The molecule has 1 saturated heterocycles. The predicted octanol–water partition coefficient (Wildman–Crippen LogP) is 3.81. The third-order valence-electron chi connectivity index (χ3n) is 4.00. The Kier molecular flexibility index (Phi) is 5.13. The van der Waals surface area contributed by atoms with Crippen LogP contribution in [0.25, 0.3) is 6.08 Å². The van der Waals surface area contributed by atoms with Gasteiger partial charge in [0.2, 0.25) is 5.91 Å². The van der Waals surface area contributed by atoms with Crippen LogP contribution < -0.4 is 4.90 Å². The first-order chi connectivity index (χ1) is 11.2. The van der Waals surface area contributed by atoms with E-state index in [-0.39, 0.29) is 5.91 Å². The molecule has 4 heteroatoms. The van der Waals surface area contributed by atoms with Crippen LogP contribution in [0.1, 0.15) is 5.56 Å². The molecule has 1 amide bonds. The highest BCUT2D eigenvalue weighted by atomic mass is 79.9. The molecule has 3 nitrogen and oxygen atoms in total. The second-order valence-electron chi connectivity index (χ2n) is 5.53. The fraction of sp³-hybridized carbons (Fsp3) is 0.211. The number of nitrogens with zero attached hydrogens (tertiary/aromatic N) is 2. The second-order valence-corrected chi connectivity index (χ2v) is 6.45. The van der Waals surface area contributed by atoms with E-state index in [1.807, 2.05) is 41.3 Å². The van der Waals surface area contributed by atoms with Crippen molar-refractivity contribution in [2.75, 3.05) is 31.1 Å². The van der Waals surface area contributed by atoms with Crippen molar-refractivity contribution < 1.29 is 4.79 Å². The number of hydrogen-bond donors (Lipinski definition) is 0. The Bertz CT molecular complexity index is 674. The number of halogens is 1. The Morgan fingerprint density at radius 3 is 2.22 bits per heavy atom. The van der Waals surface area contributed by atoms with Gasteiger partial charge in [-0.15, -0.1) is 0 Å². The van der Waals surface area contributed by atoms with Crippen molar-refractivity contribution in [3.63, 3.8) is 0 Å². The number of amides is 1. The van der Waals surface area contributed by atoms with E-state index in [1.165, 1.54) is 5.69 Å². The van der Waals surface area contributed by atoms with E-state index in [0.29, 0.717) is 0 Å². The van der Waals surface area contributed by atoms with Crippen LogP contribution in [0, 0.1) is 0 Å². The Labute approximate surface area is 145 Å². The molecule has 2 aromatic rings. The van der Waals surface area contributed by atoms with Crippen LogP contribution >= 0.6 is 15.9 Å². The molecule has 0 radical (unpaired) electrons. The Hall–Kier alpha value is -2.07. The molecule has 0 aromatic heterocycles. The van der Waals surface area contributed by atoms with Gasteiger partial charge in [-0.1, -0.05) is 46.3 Å². The van der Waals surface area contributed by atoms with Crippen LogP contribution in [-0.2, 0) is 4.79 Å². The van der Waals surface area contributed by atoms with Gasteiger partial charge in [-0.25, -0.2) is 0 Å². The standard InChI is InChI=1S/C19H19BrN2O/c20-17-7-9-18(10-8-17)21-12-14-22(15-13-21)19(23)11-6-16-4-2-1-3-5-16/h1-11H,12-15H2. The van der Waals surface area contributed by atoms with Crippen molar-refractivity contribution in [3.05, 3.63) is 70.7 Å². The number of rotatable bonds is 3. The smallest absolute Gasteiger partial charge is 0.246 e. The monoisotopic (exact) mass is 370 g/mol. The maximum absolute atomic E-state index is 12.3. The van der Waals surface area contributed by atoms with Gasteiger partial charge in [0.05, 0.1) is 0 Å². The Morgan fingerprint density at radius 1 is 0.913 bits per heavy atom. The summed E-state index contributed by atoms with van der Waals surface area (Å²) in [4.78, 5) is 16.5. The summed E-state index contributed by atoms with van der Waals surface area (Å²) in [5.41, 5.74) is 2.26. The number of anilines is 1. The van der Waals surface area contributed by atoms with Gasteiger partial charge in [-0.2, -0.15) is 0 Å². The molecule has 0 aliphatic carbocycles. The first-order valence-corrected chi connectivity index (χ1v) is 8.54. The van der Waals surface area contributed by atoms with Gasteiger partial charge in [-0.3, -0.25) is 4.79 Å². The molecule has 118 valence electrons. The van der Waals surface area contributed by atoms with Crippen LogP contribution in [0.5, 0.6) is 0 Å².